The Bertz CT molecular complexity index is 271. The van der Waals surface area contributed by atoms with Crippen molar-refractivity contribution in [1.29, 1.82) is 0 Å². The van der Waals surface area contributed by atoms with Gasteiger partial charge in [0.1, 0.15) is 0 Å². The minimum atomic E-state index is -0.0447. The Hall–Kier alpha value is -0.830. The van der Waals surface area contributed by atoms with Gasteiger partial charge in [-0.15, -0.1) is 0 Å². The fraction of sp³-hybridized carbons (Fsp3) is 0.769. The molecule has 0 aromatic carbocycles. The second-order valence-corrected chi connectivity index (χ2v) is 5.15. The van der Waals surface area contributed by atoms with Gasteiger partial charge >= 0.3 is 0 Å². The van der Waals surface area contributed by atoms with E-state index in [0.29, 0.717) is 6.42 Å². The van der Waals surface area contributed by atoms with Gasteiger partial charge in [0, 0.05) is 26.6 Å². The molecule has 3 nitrogen and oxygen atoms in total. The molecule has 1 aliphatic heterocycles. The van der Waals surface area contributed by atoms with Crippen LogP contribution in [0.2, 0.25) is 0 Å². The SMILES string of the molecule is C/C=C\C(C)(C)CC(=O)N1CCC(OC)C1. The van der Waals surface area contributed by atoms with Crippen molar-refractivity contribution in [3.8, 4) is 0 Å². The number of nitrogens with zero attached hydrogens (tertiary/aromatic N) is 1. The minimum absolute atomic E-state index is 0.0447. The molecule has 0 spiro atoms. The average molecular weight is 225 g/mol. The van der Waals surface area contributed by atoms with Crippen molar-refractivity contribution in [1.82, 2.24) is 4.90 Å². The summed E-state index contributed by atoms with van der Waals surface area (Å²) in [6, 6.07) is 0. The monoisotopic (exact) mass is 225 g/mol. The number of methoxy groups -OCH3 is 1. The van der Waals surface area contributed by atoms with Crippen LogP contribution >= 0.6 is 0 Å². The number of amides is 1. The molecule has 1 aliphatic rings. The predicted octanol–water partition coefficient (Wildman–Crippen LogP) is 2.23. The predicted molar refractivity (Wildman–Crippen MR) is 65.2 cm³/mol. The molecule has 0 saturated carbocycles. The van der Waals surface area contributed by atoms with E-state index in [1.165, 1.54) is 0 Å². The van der Waals surface area contributed by atoms with E-state index in [-0.39, 0.29) is 17.4 Å². The van der Waals surface area contributed by atoms with Crippen LogP contribution in [0.1, 0.15) is 33.6 Å². The second kappa shape index (κ2) is 5.48. The third-order valence-electron chi connectivity index (χ3n) is 3.06. The van der Waals surface area contributed by atoms with Crippen LogP contribution in [0.3, 0.4) is 0 Å². The first-order valence-corrected chi connectivity index (χ1v) is 5.93. The Balaban J connectivity index is 2.47. The fourth-order valence-electron chi connectivity index (χ4n) is 2.16. The lowest BCUT2D eigenvalue weighted by Crippen LogP contribution is -2.32. The van der Waals surface area contributed by atoms with Crippen LogP contribution in [0.4, 0.5) is 0 Å². The molecule has 1 rings (SSSR count). The Morgan fingerprint density at radius 3 is 2.75 bits per heavy atom. The highest BCUT2D eigenvalue weighted by Gasteiger charge is 2.28. The quantitative estimate of drug-likeness (QED) is 0.687. The molecule has 0 N–H and O–H groups in total. The lowest BCUT2D eigenvalue weighted by atomic mass is 9.88. The molecule has 1 saturated heterocycles. The first-order valence-electron chi connectivity index (χ1n) is 5.93. The summed E-state index contributed by atoms with van der Waals surface area (Å²) in [4.78, 5) is 13.9. The zero-order chi connectivity index (χ0) is 12.2. The Kier molecular flexibility index (Phi) is 4.54. The topological polar surface area (TPSA) is 29.5 Å². The molecule has 1 atom stereocenters. The second-order valence-electron chi connectivity index (χ2n) is 5.15. The van der Waals surface area contributed by atoms with Gasteiger partial charge in [-0.3, -0.25) is 4.79 Å². The molecule has 1 amide bonds. The summed E-state index contributed by atoms with van der Waals surface area (Å²) in [5.41, 5.74) is -0.0447. The smallest absolute Gasteiger partial charge is 0.223 e. The number of carbonyl (C=O) groups excluding carboxylic acids is 1. The lowest BCUT2D eigenvalue weighted by molar-refractivity contribution is -0.132. The summed E-state index contributed by atoms with van der Waals surface area (Å²) in [5, 5.41) is 0. The molecule has 0 aliphatic carbocycles. The largest absolute Gasteiger partial charge is 0.380 e. The molecule has 16 heavy (non-hydrogen) atoms. The van der Waals surface area contributed by atoms with Gasteiger partial charge in [-0.05, 0) is 18.8 Å². The van der Waals surface area contributed by atoms with E-state index in [1.807, 2.05) is 17.9 Å². The van der Waals surface area contributed by atoms with Crippen LogP contribution in [0.5, 0.6) is 0 Å². The molecule has 1 unspecified atom stereocenters. The molecule has 3 heteroatoms. The van der Waals surface area contributed by atoms with E-state index in [0.717, 1.165) is 19.5 Å². The van der Waals surface area contributed by atoms with Gasteiger partial charge in [-0.1, -0.05) is 26.0 Å². The van der Waals surface area contributed by atoms with E-state index in [9.17, 15) is 4.79 Å². The van der Waals surface area contributed by atoms with Gasteiger partial charge in [0.15, 0.2) is 0 Å². The molecular formula is C13H23NO2. The number of rotatable bonds is 4. The Morgan fingerprint density at radius 2 is 2.25 bits per heavy atom. The van der Waals surface area contributed by atoms with Crippen molar-refractivity contribution in [3.05, 3.63) is 12.2 Å². The summed E-state index contributed by atoms with van der Waals surface area (Å²) in [6.45, 7) is 7.76. The highest BCUT2D eigenvalue weighted by Crippen LogP contribution is 2.24. The minimum Gasteiger partial charge on any atom is -0.380 e. The van der Waals surface area contributed by atoms with Gasteiger partial charge < -0.3 is 9.64 Å². The molecule has 0 bridgehead atoms. The van der Waals surface area contributed by atoms with Crippen molar-refractivity contribution in [2.75, 3.05) is 20.2 Å². The number of carbonyl (C=O) groups is 1. The highest BCUT2D eigenvalue weighted by molar-refractivity contribution is 5.77. The van der Waals surface area contributed by atoms with Crippen LogP contribution in [0.25, 0.3) is 0 Å². The zero-order valence-electron chi connectivity index (χ0n) is 10.8. The maximum atomic E-state index is 12.0. The van der Waals surface area contributed by atoms with Gasteiger partial charge in [-0.25, -0.2) is 0 Å². The van der Waals surface area contributed by atoms with Crippen molar-refractivity contribution >= 4 is 5.91 Å². The van der Waals surface area contributed by atoms with Crippen LogP contribution in [-0.2, 0) is 9.53 Å². The maximum Gasteiger partial charge on any atom is 0.223 e. The van der Waals surface area contributed by atoms with E-state index < -0.39 is 0 Å². The van der Waals surface area contributed by atoms with Crippen molar-refractivity contribution < 1.29 is 9.53 Å². The Labute approximate surface area is 98.5 Å². The van der Waals surface area contributed by atoms with E-state index in [1.54, 1.807) is 7.11 Å². The maximum absolute atomic E-state index is 12.0. The molecule has 0 aromatic rings. The van der Waals surface area contributed by atoms with Crippen LogP contribution in [0.15, 0.2) is 12.2 Å². The van der Waals surface area contributed by atoms with Crippen LogP contribution in [0, 0.1) is 5.41 Å². The van der Waals surface area contributed by atoms with Crippen LogP contribution in [-0.4, -0.2) is 37.1 Å². The van der Waals surface area contributed by atoms with Gasteiger partial charge in [-0.2, -0.15) is 0 Å². The van der Waals surface area contributed by atoms with E-state index in [2.05, 4.69) is 19.9 Å². The van der Waals surface area contributed by atoms with Gasteiger partial charge in [0.2, 0.25) is 5.91 Å². The third kappa shape index (κ3) is 3.63. The van der Waals surface area contributed by atoms with Crippen molar-refractivity contribution in [3.63, 3.8) is 0 Å². The zero-order valence-corrected chi connectivity index (χ0v) is 10.8. The van der Waals surface area contributed by atoms with E-state index >= 15 is 0 Å². The third-order valence-corrected chi connectivity index (χ3v) is 3.06. The number of allylic oxidation sites excluding steroid dienone is 2. The standard InChI is InChI=1S/C13H23NO2/c1-5-7-13(2,3)9-12(15)14-8-6-11(10-14)16-4/h5,7,11H,6,8-10H2,1-4H3/b7-5-. The van der Waals surface area contributed by atoms with Gasteiger partial charge in [0.05, 0.1) is 6.10 Å². The summed E-state index contributed by atoms with van der Waals surface area (Å²) < 4.78 is 5.26. The molecule has 1 heterocycles. The normalized spacial score (nSPS) is 22.0. The first kappa shape index (κ1) is 13.2. The molecule has 1 fully saturated rings. The number of ether oxygens (including phenoxy) is 1. The Morgan fingerprint density at radius 1 is 1.56 bits per heavy atom. The summed E-state index contributed by atoms with van der Waals surface area (Å²) in [7, 11) is 1.71. The summed E-state index contributed by atoms with van der Waals surface area (Å²) in [6.07, 6.45) is 5.87. The molecule has 0 aromatic heterocycles. The molecule has 92 valence electrons. The number of hydrogen-bond donors (Lipinski definition) is 0. The highest BCUT2D eigenvalue weighted by atomic mass is 16.5. The fourth-order valence-corrected chi connectivity index (χ4v) is 2.16. The van der Waals surface area contributed by atoms with Crippen molar-refractivity contribution in [2.45, 2.75) is 39.7 Å². The molecular weight excluding hydrogens is 202 g/mol. The summed E-state index contributed by atoms with van der Waals surface area (Å²) >= 11 is 0. The average Bonchev–Trinajstić information content (AvgIpc) is 2.64. The summed E-state index contributed by atoms with van der Waals surface area (Å²) in [5.74, 6) is 0.239. The number of likely N-dealkylation sites (tertiary alicyclic amines) is 1. The molecule has 0 radical (unpaired) electrons. The van der Waals surface area contributed by atoms with Gasteiger partial charge in [0.25, 0.3) is 0 Å². The first-order chi connectivity index (χ1) is 7.48. The number of hydrogen-bond acceptors (Lipinski definition) is 2. The van der Waals surface area contributed by atoms with Crippen molar-refractivity contribution in [2.24, 2.45) is 5.41 Å². The van der Waals surface area contributed by atoms with E-state index in [4.69, 9.17) is 4.74 Å². The lowest BCUT2D eigenvalue weighted by Gasteiger charge is -2.24. The van der Waals surface area contributed by atoms with Crippen LogP contribution < -0.4 is 0 Å².